The van der Waals surface area contributed by atoms with Crippen molar-refractivity contribution in [3.05, 3.63) is 76.9 Å². The molecule has 0 fully saturated rings. The molecule has 5 nitrogen and oxygen atoms in total. The second-order valence-corrected chi connectivity index (χ2v) is 5.48. The third-order valence-corrected chi connectivity index (χ3v) is 3.49. The van der Waals surface area contributed by atoms with Gasteiger partial charge in [0, 0.05) is 18.5 Å². The summed E-state index contributed by atoms with van der Waals surface area (Å²) in [5.41, 5.74) is 1.86. The van der Waals surface area contributed by atoms with E-state index in [2.05, 4.69) is 21.0 Å². The summed E-state index contributed by atoms with van der Waals surface area (Å²) in [6.45, 7) is 0.213. The molecular weight excluding hydrogens is 360 g/mol. The van der Waals surface area contributed by atoms with Gasteiger partial charge in [0.2, 0.25) is 0 Å². The summed E-state index contributed by atoms with van der Waals surface area (Å²) in [5, 5.41) is 4.16. The van der Waals surface area contributed by atoms with Gasteiger partial charge in [-0.1, -0.05) is 12.1 Å². The van der Waals surface area contributed by atoms with Gasteiger partial charge in [-0.2, -0.15) is 5.10 Å². The first-order valence-corrected chi connectivity index (χ1v) is 7.69. The average Bonchev–Trinajstić information content (AvgIpc) is 3.23. The number of carbonyl (C=O) groups excluding carboxylic acids is 1. The molecule has 0 aliphatic carbocycles. The van der Waals surface area contributed by atoms with E-state index in [1.807, 2.05) is 36.5 Å². The molecule has 23 heavy (non-hydrogen) atoms. The molecule has 0 aliphatic rings. The number of aromatic nitrogens is 2. The van der Waals surface area contributed by atoms with Crippen LogP contribution in [0.1, 0.15) is 11.3 Å². The first-order valence-electron chi connectivity index (χ1n) is 6.90. The fraction of sp³-hybridized carbons (Fsp3) is 0.0588. The van der Waals surface area contributed by atoms with E-state index in [4.69, 9.17) is 9.15 Å². The maximum atomic E-state index is 11.7. The number of benzene rings is 1. The number of halogens is 1. The van der Waals surface area contributed by atoms with Crippen molar-refractivity contribution in [2.24, 2.45) is 0 Å². The third-order valence-electron chi connectivity index (χ3n) is 3.06. The van der Waals surface area contributed by atoms with Crippen molar-refractivity contribution < 1.29 is 13.9 Å². The molecule has 3 aromatic rings. The van der Waals surface area contributed by atoms with Gasteiger partial charge in [0.1, 0.15) is 12.4 Å². The van der Waals surface area contributed by atoms with E-state index in [9.17, 15) is 4.79 Å². The molecule has 1 aromatic carbocycles. The van der Waals surface area contributed by atoms with Gasteiger partial charge in [-0.3, -0.25) is 0 Å². The lowest BCUT2D eigenvalue weighted by atomic mass is 10.2. The highest BCUT2D eigenvalue weighted by Gasteiger charge is 2.02. The van der Waals surface area contributed by atoms with E-state index in [0.29, 0.717) is 10.4 Å². The van der Waals surface area contributed by atoms with Crippen molar-refractivity contribution in [1.29, 1.82) is 0 Å². The van der Waals surface area contributed by atoms with Gasteiger partial charge < -0.3 is 9.15 Å². The third kappa shape index (κ3) is 4.20. The smallest absolute Gasteiger partial charge is 0.331 e. The Balaban J connectivity index is 1.53. The zero-order valence-electron chi connectivity index (χ0n) is 12.1. The molecule has 0 amide bonds. The Kier molecular flexibility index (Phi) is 4.73. The van der Waals surface area contributed by atoms with Crippen molar-refractivity contribution in [2.75, 3.05) is 0 Å². The fourth-order valence-corrected chi connectivity index (χ4v) is 2.26. The Morgan fingerprint density at radius 2 is 2.09 bits per heavy atom. The first kappa shape index (κ1) is 15.3. The van der Waals surface area contributed by atoms with Gasteiger partial charge >= 0.3 is 5.97 Å². The predicted octanol–water partition coefficient (Wildman–Crippen LogP) is 3.98. The summed E-state index contributed by atoms with van der Waals surface area (Å²) in [6, 6.07) is 13.0. The molecule has 0 aliphatic heterocycles. The zero-order chi connectivity index (χ0) is 16.1. The quantitative estimate of drug-likeness (QED) is 0.501. The Labute approximate surface area is 141 Å². The SMILES string of the molecule is O=C(/C=C/c1ccc(Br)o1)OCc1ccc(-n2cccn2)cc1. The van der Waals surface area contributed by atoms with E-state index >= 15 is 0 Å². The summed E-state index contributed by atoms with van der Waals surface area (Å²) < 4.78 is 12.8. The molecule has 0 saturated carbocycles. The van der Waals surface area contributed by atoms with Crippen LogP contribution in [0.2, 0.25) is 0 Å². The average molecular weight is 373 g/mol. The lowest BCUT2D eigenvalue weighted by molar-refractivity contribution is -0.138. The van der Waals surface area contributed by atoms with Crippen LogP contribution in [-0.4, -0.2) is 15.7 Å². The molecular formula is C17H13BrN2O3. The van der Waals surface area contributed by atoms with Crippen LogP contribution in [0.15, 0.2) is 70.0 Å². The number of hydrogen-bond acceptors (Lipinski definition) is 4. The fourth-order valence-electron chi connectivity index (χ4n) is 1.94. The number of carbonyl (C=O) groups is 1. The second kappa shape index (κ2) is 7.11. The van der Waals surface area contributed by atoms with Crippen molar-refractivity contribution in [1.82, 2.24) is 9.78 Å². The molecule has 6 heteroatoms. The largest absolute Gasteiger partial charge is 0.458 e. The van der Waals surface area contributed by atoms with Gasteiger partial charge in [-0.05, 0) is 57.9 Å². The minimum absolute atomic E-state index is 0.213. The summed E-state index contributed by atoms with van der Waals surface area (Å²) >= 11 is 3.20. The van der Waals surface area contributed by atoms with Crippen molar-refractivity contribution in [3.8, 4) is 5.69 Å². The Hall–Kier alpha value is -2.60. The number of rotatable bonds is 5. The maximum Gasteiger partial charge on any atom is 0.331 e. The van der Waals surface area contributed by atoms with Crippen LogP contribution < -0.4 is 0 Å². The van der Waals surface area contributed by atoms with Gasteiger partial charge in [-0.25, -0.2) is 9.48 Å². The topological polar surface area (TPSA) is 57.3 Å². The minimum Gasteiger partial charge on any atom is -0.458 e. The molecule has 0 unspecified atom stereocenters. The van der Waals surface area contributed by atoms with Crippen LogP contribution in [0.4, 0.5) is 0 Å². The molecule has 2 aromatic heterocycles. The molecule has 0 atom stereocenters. The van der Waals surface area contributed by atoms with Crippen LogP contribution in [0.3, 0.4) is 0 Å². The highest BCUT2D eigenvalue weighted by atomic mass is 79.9. The van der Waals surface area contributed by atoms with E-state index in [1.165, 1.54) is 6.08 Å². The number of ether oxygens (including phenoxy) is 1. The summed E-state index contributed by atoms with van der Waals surface area (Å²) in [7, 11) is 0. The summed E-state index contributed by atoms with van der Waals surface area (Å²) in [6.07, 6.45) is 6.49. The van der Waals surface area contributed by atoms with Gasteiger partial charge in [0.15, 0.2) is 4.67 Å². The van der Waals surface area contributed by atoms with Crippen molar-refractivity contribution in [2.45, 2.75) is 6.61 Å². The highest BCUT2D eigenvalue weighted by molar-refractivity contribution is 9.10. The number of hydrogen-bond donors (Lipinski definition) is 0. The first-order chi connectivity index (χ1) is 11.2. The van der Waals surface area contributed by atoms with Crippen LogP contribution in [0.5, 0.6) is 0 Å². The second-order valence-electron chi connectivity index (χ2n) is 4.70. The van der Waals surface area contributed by atoms with E-state index in [-0.39, 0.29) is 6.61 Å². The highest BCUT2D eigenvalue weighted by Crippen LogP contribution is 2.15. The van der Waals surface area contributed by atoms with E-state index in [0.717, 1.165) is 11.3 Å². The van der Waals surface area contributed by atoms with E-state index in [1.54, 1.807) is 29.1 Å². The number of nitrogens with zero attached hydrogens (tertiary/aromatic N) is 2. The zero-order valence-corrected chi connectivity index (χ0v) is 13.6. The van der Waals surface area contributed by atoms with Gasteiger partial charge in [0.25, 0.3) is 0 Å². The standard InChI is InChI=1S/C17H13BrN2O3/c18-16-8-6-15(23-16)7-9-17(21)22-12-13-2-4-14(5-3-13)20-11-1-10-19-20/h1-11H,12H2/b9-7+. The predicted molar refractivity (Wildman–Crippen MR) is 88.8 cm³/mol. The normalized spacial score (nSPS) is 11.0. The van der Waals surface area contributed by atoms with Gasteiger partial charge in [-0.15, -0.1) is 0 Å². The monoisotopic (exact) mass is 372 g/mol. The molecule has 116 valence electrons. The maximum absolute atomic E-state index is 11.7. The molecule has 0 spiro atoms. The Morgan fingerprint density at radius 3 is 2.74 bits per heavy atom. The van der Waals surface area contributed by atoms with Crippen LogP contribution in [0, 0.1) is 0 Å². The summed E-state index contributed by atoms with van der Waals surface area (Å²) in [4.78, 5) is 11.7. The summed E-state index contributed by atoms with van der Waals surface area (Å²) in [5.74, 6) is 0.158. The van der Waals surface area contributed by atoms with Crippen LogP contribution in [0.25, 0.3) is 11.8 Å². The molecule has 2 heterocycles. The Morgan fingerprint density at radius 1 is 1.26 bits per heavy atom. The molecule has 3 rings (SSSR count). The molecule has 0 radical (unpaired) electrons. The van der Waals surface area contributed by atoms with E-state index < -0.39 is 5.97 Å². The molecule has 0 N–H and O–H groups in total. The number of esters is 1. The van der Waals surface area contributed by atoms with Crippen molar-refractivity contribution in [3.63, 3.8) is 0 Å². The van der Waals surface area contributed by atoms with Gasteiger partial charge in [0.05, 0.1) is 5.69 Å². The number of furan rings is 1. The van der Waals surface area contributed by atoms with Crippen LogP contribution >= 0.6 is 15.9 Å². The molecule has 0 saturated heterocycles. The lowest BCUT2D eigenvalue weighted by Crippen LogP contribution is -2.01. The molecule has 0 bridgehead atoms. The lowest BCUT2D eigenvalue weighted by Gasteiger charge is -2.04. The minimum atomic E-state index is -0.423. The Bertz CT molecular complexity index is 805. The van der Waals surface area contributed by atoms with Crippen molar-refractivity contribution >= 4 is 28.0 Å². The van der Waals surface area contributed by atoms with Crippen LogP contribution in [-0.2, 0) is 16.1 Å².